The normalized spacial score (nSPS) is 38.5. The number of halogens is 6. The van der Waals surface area contributed by atoms with Crippen LogP contribution in [0.15, 0.2) is 0 Å². The van der Waals surface area contributed by atoms with E-state index in [0.717, 1.165) is 0 Å². The third-order valence-electron chi connectivity index (χ3n) is 3.34. The molecule has 6 N–H and O–H groups in total. The summed E-state index contributed by atoms with van der Waals surface area (Å²) < 4.78 is 0. The van der Waals surface area contributed by atoms with E-state index in [1.807, 2.05) is 0 Å². The fourth-order valence-corrected chi connectivity index (χ4v) is 4.05. The SMILES string of the molecule is Cl[C@H]1[C@H](Cl)[C@@H](Cl)[C@@H](Cl)[C@H](Cl)[C@H]1Cl.OC[C@@H](O)[C@@H](O)[C@H](O)[C@H](O)CO. The minimum atomic E-state index is -1.67. The Morgan fingerprint density at radius 1 is 0.500 bits per heavy atom. The molecule has 4 atom stereocenters. The van der Waals surface area contributed by atoms with E-state index in [0.29, 0.717) is 0 Å². The summed E-state index contributed by atoms with van der Waals surface area (Å²) in [7, 11) is 0. The van der Waals surface area contributed by atoms with Crippen molar-refractivity contribution in [1.29, 1.82) is 0 Å². The van der Waals surface area contributed by atoms with Crippen LogP contribution in [0.5, 0.6) is 0 Å². The maximum absolute atomic E-state index is 8.96. The molecule has 0 radical (unpaired) electrons. The molecule has 0 unspecified atom stereocenters. The Balaban J connectivity index is 0.000000441. The smallest absolute Gasteiger partial charge is 0.111 e. The van der Waals surface area contributed by atoms with Gasteiger partial charge in [-0.1, -0.05) is 0 Å². The van der Waals surface area contributed by atoms with Crippen LogP contribution in [0.4, 0.5) is 0 Å². The Labute approximate surface area is 169 Å². The first kappa shape index (κ1) is 25.5. The molecule has 6 nitrogen and oxygen atoms in total. The summed E-state index contributed by atoms with van der Waals surface area (Å²) in [4.78, 5) is 0. The largest absolute Gasteiger partial charge is 0.394 e. The van der Waals surface area contributed by atoms with Crippen molar-refractivity contribution in [2.24, 2.45) is 0 Å². The van der Waals surface area contributed by atoms with E-state index in [-0.39, 0.29) is 0 Å². The third-order valence-corrected chi connectivity index (χ3v) is 7.37. The van der Waals surface area contributed by atoms with Crippen molar-refractivity contribution in [3.63, 3.8) is 0 Å². The van der Waals surface area contributed by atoms with Crippen molar-refractivity contribution in [3.05, 3.63) is 0 Å². The van der Waals surface area contributed by atoms with Crippen LogP contribution in [-0.4, -0.2) is 101 Å². The Bertz CT molecular complexity index is 275. The molecule has 0 saturated heterocycles. The zero-order valence-corrected chi connectivity index (χ0v) is 16.7. The summed E-state index contributed by atoms with van der Waals surface area (Å²) in [6.07, 6.45) is -6.39. The van der Waals surface area contributed by atoms with Gasteiger partial charge in [0.05, 0.1) is 45.5 Å². The summed E-state index contributed by atoms with van der Waals surface area (Å²) in [5.41, 5.74) is 0. The second-order valence-electron chi connectivity index (χ2n) is 5.15. The van der Waals surface area contributed by atoms with Crippen molar-refractivity contribution in [2.75, 3.05) is 13.2 Å². The van der Waals surface area contributed by atoms with Crippen LogP contribution in [0.1, 0.15) is 0 Å². The number of aliphatic hydroxyl groups is 6. The lowest BCUT2D eigenvalue weighted by Gasteiger charge is -2.37. The lowest BCUT2D eigenvalue weighted by Crippen LogP contribution is -2.52. The molecule has 0 aromatic carbocycles. The standard InChI is InChI=1S/C6H6Cl6.C6H14O6/c7-1-2(8)4(10)6(12)5(11)3(1)9;7-1-3(9)5(11)6(12)4(10)2-8/h1-6H;3-12H,1-2H2/t1-,2-,3-,4+,5+,6+;3-,4-,5-,6-/m.1/s1. The average molecular weight is 473 g/mol. The van der Waals surface area contributed by atoms with Crippen molar-refractivity contribution < 1.29 is 30.6 Å². The number of hydrogen-bond donors (Lipinski definition) is 6. The van der Waals surface area contributed by atoms with E-state index >= 15 is 0 Å². The van der Waals surface area contributed by atoms with Crippen molar-refractivity contribution >= 4 is 69.6 Å². The molecule has 1 aliphatic rings. The quantitative estimate of drug-likeness (QED) is 0.315. The molecular formula is C12H20Cl6O6. The average Bonchev–Trinajstić information content (AvgIpc) is 2.60. The van der Waals surface area contributed by atoms with Crippen LogP contribution >= 0.6 is 69.6 Å². The highest BCUT2D eigenvalue weighted by atomic mass is 35.5. The molecule has 1 fully saturated rings. The molecule has 0 aromatic rings. The fraction of sp³-hybridized carbons (Fsp3) is 1.00. The fourth-order valence-electron chi connectivity index (χ4n) is 1.73. The van der Waals surface area contributed by atoms with E-state index < -0.39 is 69.9 Å². The predicted molar refractivity (Wildman–Crippen MR) is 96.0 cm³/mol. The van der Waals surface area contributed by atoms with Gasteiger partial charge in [-0.2, -0.15) is 0 Å². The number of hydrogen-bond acceptors (Lipinski definition) is 6. The van der Waals surface area contributed by atoms with Gasteiger partial charge in [-0.25, -0.2) is 0 Å². The summed E-state index contributed by atoms with van der Waals surface area (Å²) in [5, 5.41) is 49.6. The molecule has 24 heavy (non-hydrogen) atoms. The molecule has 0 heterocycles. The van der Waals surface area contributed by atoms with E-state index in [4.69, 9.17) is 100 Å². The maximum Gasteiger partial charge on any atom is 0.111 e. The predicted octanol–water partition coefficient (Wildman–Crippen LogP) is 0.0590. The highest BCUT2D eigenvalue weighted by Crippen LogP contribution is 2.39. The summed E-state index contributed by atoms with van der Waals surface area (Å²) in [6, 6.07) is 0. The highest BCUT2D eigenvalue weighted by molar-refractivity contribution is 6.45. The van der Waals surface area contributed by atoms with Crippen LogP contribution in [0.25, 0.3) is 0 Å². The van der Waals surface area contributed by atoms with Crippen molar-refractivity contribution in [1.82, 2.24) is 0 Å². The van der Waals surface area contributed by atoms with Crippen LogP contribution in [-0.2, 0) is 0 Å². The molecule has 1 saturated carbocycles. The second kappa shape index (κ2) is 12.1. The summed E-state index contributed by atoms with van der Waals surface area (Å²) in [6.45, 7) is -1.45. The van der Waals surface area contributed by atoms with Crippen molar-refractivity contribution in [3.8, 4) is 0 Å². The molecule has 1 rings (SSSR count). The third kappa shape index (κ3) is 6.91. The number of alkyl halides is 6. The Kier molecular flexibility index (Phi) is 12.8. The minimum Gasteiger partial charge on any atom is -0.394 e. The Hall–Kier alpha value is 1.50. The summed E-state index contributed by atoms with van der Waals surface area (Å²) >= 11 is 35.3. The number of aliphatic hydroxyl groups excluding tert-OH is 6. The van der Waals surface area contributed by atoms with Gasteiger partial charge in [0.25, 0.3) is 0 Å². The molecule has 146 valence electrons. The molecule has 0 bridgehead atoms. The highest BCUT2D eigenvalue weighted by Gasteiger charge is 2.46. The van der Waals surface area contributed by atoms with Gasteiger partial charge in [-0.3, -0.25) is 0 Å². The van der Waals surface area contributed by atoms with Crippen LogP contribution in [0.2, 0.25) is 0 Å². The molecule has 1 aliphatic carbocycles. The lowest BCUT2D eigenvalue weighted by molar-refractivity contribution is -0.123. The molecule has 12 heteroatoms. The van der Waals surface area contributed by atoms with Gasteiger partial charge in [-0.15, -0.1) is 69.6 Å². The first-order valence-corrected chi connectivity index (χ1v) is 9.41. The van der Waals surface area contributed by atoms with Gasteiger partial charge in [-0.05, 0) is 0 Å². The van der Waals surface area contributed by atoms with E-state index in [1.54, 1.807) is 0 Å². The van der Waals surface area contributed by atoms with Crippen LogP contribution < -0.4 is 0 Å². The molecular weight excluding hydrogens is 453 g/mol. The second-order valence-corrected chi connectivity index (χ2v) is 8.17. The zero-order valence-electron chi connectivity index (χ0n) is 12.1. The lowest BCUT2D eigenvalue weighted by atomic mass is 9.97. The Morgan fingerprint density at radius 2 is 0.667 bits per heavy atom. The molecule has 0 amide bonds. The topological polar surface area (TPSA) is 121 Å². The zero-order chi connectivity index (χ0) is 19.2. The monoisotopic (exact) mass is 470 g/mol. The van der Waals surface area contributed by atoms with Crippen LogP contribution in [0, 0.1) is 0 Å². The minimum absolute atomic E-state index is 0.437. The van der Waals surface area contributed by atoms with Crippen LogP contribution in [0.3, 0.4) is 0 Å². The van der Waals surface area contributed by atoms with E-state index in [9.17, 15) is 0 Å². The molecule has 0 aliphatic heterocycles. The van der Waals surface area contributed by atoms with E-state index in [1.165, 1.54) is 0 Å². The van der Waals surface area contributed by atoms with Gasteiger partial charge >= 0.3 is 0 Å². The maximum atomic E-state index is 8.96. The summed E-state index contributed by atoms with van der Waals surface area (Å²) in [5.74, 6) is 0. The molecule has 0 spiro atoms. The van der Waals surface area contributed by atoms with Crippen molar-refractivity contribution in [2.45, 2.75) is 56.7 Å². The van der Waals surface area contributed by atoms with Gasteiger partial charge < -0.3 is 30.6 Å². The van der Waals surface area contributed by atoms with E-state index in [2.05, 4.69) is 0 Å². The van der Waals surface area contributed by atoms with Gasteiger partial charge in [0.2, 0.25) is 0 Å². The van der Waals surface area contributed by atoms with Gasteiger partial charge in [0, 0.05) is 0 Å². The van der Waals surface area contributed by atoms with Gasteiger partial charge in [0.1, 0.15) is 24.4 Å². The Morgan fingerprint density at radius 3 is 0.792 bits per heavy atom. The first-order chi connectivity index (χ1) is 11.0. The first-order valence-electron chi connectivity index (χ1n) is 6.79. The van der Waals surface area contributed by atoms with Gasteiger partial charge in [0.15, 0.2) is 0 Å². The molecule has 0 aromatic heterocycles. The number of rotatable bonds is 5.